The molecule has 0 aromatic heterocycles. The number of aryl methyl sites for hydroxylation is 1. The van der Waals surface area contributed by atoms with Crippen LogP contribution in [-0.2, 0) is 0 Å². The summed E-state index contributed by atoms with van der Waals surface area (Å²) in [6.45, 7) is 2.08. The summed E-state index contributed by atoms with van der Waals surface area (Å²) in [6, 6.07) is 24.8. The average Bonchev–Trinajstić information content (AvgIpc) is 2.54. The topological polar surface area (TPSA) is 12.5 Å². The summed E-state index contributed by atoms with van der Waals surface area (Å²) in [7, 11) is 0. The van der Waals surface area contributed by atoms with Crippen LogP contribution in [0.15, 0.2) is 72.8 Å². The molecule has 2 heteroatoms. The van der Waals surface area contributed by atoms with Crippen molar-refractivity contribution in [3.05, 3.63) is 78.4 Å². The fourth-order valence-corrected chi connectivity index (χ4v) is 2.77. The highest BCUT2D eigenvalue weighted by atomic mass is 16.5. The van der Waals surface area contributed by atoms with Crippen LogP contribution in [0.25, 0.3) is 0 Å². The molecule has 0 atom stereocenters. The Bertz CT molecular complexity index is 796. The molecule has 2 nitrogen and oxygen atoms in total. The number of benzene rings is 3. The van der Waals surface area contributed by atoms with Crippen LogP contribution >= 0.6 is 0 Å². The second-order valence-electron chi connectivity index (χ2n) is 5.16. The van der Waals surface area contributed by atoms with E-state index in [4.69, 9.17) is 4.74 Å². The van der Waals surface area contributed by atoms with Crippen molar-refractivity contribution >= 4 is 17.1 Å². The van der Waals surface area contributed by atoms with Gasteiger partial charge in [0.1, 0.15) is 0 Å². The summed E-state index contributed by atoms with van der Waals surface area (Å²) in [6.07, 6.45) is 0. The second kappa shape index (κ2) is 4.67. The fraction of sp³-hybridized carbons (Fsp3) is 0.0526. The zero-order valence-electron chi connectivity index (χ0n) is 11.8. The summed E-state index contributed by atoms with van der Waals surface area (Å²) in [4.78, 5) is 2.25. The van der Waals surface area contributed by atoms with Crippen molar-refractivity contribution < 1.29 is 4.74 Å². The first kappa shape index (κ1) is 12.0. The van der Waals surface area contributed by atoms with Crippen LogP contribution in [0.1, 0.15) is 5.56 Å². The minimum absolute atomic E-state index is 0.892. The van der Waals surface area contributed by atoms with Crippen LogP contribution in [0.4, 0.5) is 17.1 Å². The first-order valence-corrected chi connectivity index (χ1v) is 7.06. The Morgan fingerprint density at radius 2 is 1.43 bits per heavy atom. The van der Waals surface area contributed by atoms with Crippen molar-refractivity contribution in [1.82, 2.24) is 0 Å². The van der Waals surface area contributed by atoms with E-state index in [1.165, 1.54) is 0 Å². The highest BCUT2D eigenvalue weighted by Gasteiger charge is 2.26. The lowest BCUT2D eigenvalue weighted by Gasteiger charge is -2.33. The number of nitrogens with zero attached hydrogens (tertiary/aromatic N) is 1. The maximum Gasteiger partial charge on any atom is 0.154 e. The maximum atomic E-state index is 6.12. The van der Waals surface area contributed by atoms with Gasteiger partial charge < -0.3 is 9.64 Å². The molecule has 0 unspecified atom stereocenters. The summed E-state index contributed by atoms with van der Waals surface area (Å²) < 4.78 is 6.12. The third kappa shape index (κ3) is 1.88. The van der Waals surface area contributed by atoms with E-state index in [2.05, 4.69) is 60.4 Å². The normalized spacial score (nSPS) is 12.3. The minimum atomic E-state index is 0.892. The zero-order chi connectivity index (χ0) is 14.2. The smallest absolute Gasteiger partial charge is 0.154 e. The Hall–Kier alpha value is -2.74. The Kier molecular flexibility index (Phi) is 2.68. The first-order chi connectivity index (χ1) is 10.3. The number of anilines is 3. The predicted molar refractivity (Wildman–Crippen MR) is 85.9 cm³/mol. The lowest BCUT2D eigenvalue weighted by atomic mass is 10.1. The van der Waals surface area contributed by atoms with Gasteiger partial charge in [-0.3, -0.25) is 0 Å². The van der Waals surface area contributed by atoms with Crippen molar-refractivity contribution in [1.29, 1.82) is 0 Å². The van der Waals surface area contributed by atoms with E-state index < -0.39 is 0 Å². The predicted octanol–water partition coefficient (Wildman–Crippen LogP) is 5.57. The molecule has 21 heavy (non-hydrogen) atoms. The highest BCUT2D eigenvalue weighted by molar-refractivity contribution is 5.86. The maximum absolute atomic E-state index is 6.12. The molecule has 1 heterocycles. The van der Waals surface area contributed by atoms with Crippen molar-refractivity contribution in [3.63, 3.8) is 0 Å². The van der Waals surface area contributed by atoms with Crippen molar-refractivity contribution in [3.8, 4) is 11.5 Å². The van der Waals surface area contributed by atoms with Crippen molar-refractivity contribution in [2.24, 2.45) is 0 Å². The molecule has 0 N–H and O–H groups in total. The van der Waals surface area contributed by atoms with E-state index in [0.717, 1.165) is 34.1 Å². The molecule has 3 aromatic rings. The lowest BCUT2D eigenvalue weighted by molar-refractivity contribution is 0.473. The van der Waals surface area contributed by atoms with Crippen LogP contribution in [-0.4, -0.2) is 0 Å². The molecular weight excluding hydrogens is 258 g/mol. The summed E-state index contributed by atoms with van der Waals surface area (Å²) in [5.74, 6) is 1.82. The number of ether oxygens (including phenoxy) is 1. The number of fused-ring (bicyclic) bond motifs is 2. The van der Waals surface area contributed by atoms with Gasteiger partial charge in [-0.2, -0.15) is 0 Å². The zero-order valence-corrected chi connectivity index (χ0v) is 11.8. The van der Waals surface area contributed by atoms with E-state index in [1.54, 1.807) is 0 Å². The van der Waals surface area contributed by atoms with Gasteiger partial charge in [-0.05, 0) is 42.8 Å². The number of hydrogen-bond donors (Lipinski definition) is 0. The molecule has 0 aliphatic carbocycles. The SMILES string of the molecule is Cc1cccc2c1Oc1ccccc1N2c1ccccc1. The van der Waals surface area contributed by atoms with Gasteiger partial charge >= 0.3 is 0 Å². The van der Waals surface area contributed by atoms with Gasteiger partial charge in [-0.15, -0.1) is 0 Å². The van der Waals surface area contributed by atoms with E-state index in [9.17, 15) is 0 Å². The summed E-state index contributed by atoms with van der Waals surface area (Å²) in [5, 5.41) is 0. The van der Waals surface area contributed by atoms with Crippen LogP contribution in [0.3, 0.4) is 0 Å². The summed E-state index contributed by atoms with van der Waals surface area (Å²) in [5.41, 5.74) is 4.43. The summed E-state index contributed by atoms with van der Waals surface area (Å²) >= 11 is 0. The number of rotatable bonds is 1. The standard InChI is InChI=1S/C19H15NO/c1-14-8-7-12-17-19(14)21-18-13-6-5-11-16(18)20(17)15-9-3-2-4-10-15/h2-13H,1H3. The average molecular weight is 273 g/mol. The molecule has 0 bridgehead atoms. The molecule has 4 rings (SSSR count). The third-order valence-corrected chi connectivity index (χ3v) is 3.76. The van der Waals surface area contributed by atoms with Gasteiger partial charge in [0, 0.05) is 5.69 Å². The molecule has 0 spiro atoms. The van der Waals surface area contributed by atoms with E-state index in [0.29, 0.717) is 0 Å². The molecule has 1 aliphatic heterocycles. The first-order valence-electron chi connectivity index (χ1n) is 7.06. The molecule has 0 radical (unpaired) electrons. The van der Waals surface area contributed by atoms with Crippen molar-refractivity contribution in [2.45, 2.75) is 6.92 Å². The Labute approximate surface area is 124 Å². The third-order valence-electron chi connectivity index (χ3n) is 3.76. The van der Waals surface area contributed by atoms with Gasteiger partial charge in [0.2, 0.25) is 0 Å². The molecule has 0 amide bonds. The van der Waals surface area contributed by atoms with Gasteiger partial charge in [0.05, 0.1) is 11.4 Å². The van der Waals surface area contributed by atoms with Crippen LogP contribution in [0.2, 0.25) is 0 Å². The molecule has 102 valence electrons. The van der Waals surface area contributed by atoms with Crippen molar-refractivity contribution in [2.75, 3.05) is 4.90 Å². The van der Waals surface area contributed by atoms with Crippen LogP contribution in [0, 0.1) is 6.92 Å². The van der Waals surface area contributed by atoms with Crippen LogP contribution in [0.5, 0.6) is 11.5 Å². The van der Waals surface area contributed by atoms with Crippen LogP contribution < -0.4 is 9.64 Å². The van der Waals surface area contributed by atoms with Gasteiger partial charge in [-0.25, -0.2) is 0 Å². The van der Waals surface area contributed by atoms with Gasteiger partial charge in [-0.1, -0.05) is 42.5 Å². The molecule has 0 fully saturated rings. The van der Waals surface area contributed by atoms with E-state index >= 15 is 0 Å². The second-order valence-corrected chi connectivity index (χ2v) is 5.16. The monoisotopic (exact) mass is 273 g/mol. The molecule has 3 aromatic carbocycles. The molecule has 0 saturated carbocycles. The fourth-order valence-electron chi connectivity index (χ4n) is 2.77. The highest BCUT2D eigenvalue weighted by Crippen LogP contribution is 2.51. The number of hydrogen-bond acceptors (Lipinski definition) is 2. The van der Waals surface area contributed by atoms with E-state index in [1.807, 2.05) is 24.3 Å². The van der Waals surface area contributed by atoms with Gasteiger partial charge in [0.25, 0.3) is 0 Å². The minimum Gasteiger partial charge on any atom is -0.453 e. The number of para-hydroxylation sites is 4. The molecule has 0 saturated heterocycles. The van der Waals surface area contributed by atoms with Gasteiger partial charge in [0.15, 0.2) is 11.5 Å². The molecular formula is C19H15NO. The lowest BCUT2D eigenvalue weighted by Crippen LogP contribution is -2.16. The Morgan fingerprint density at radius 1 is 0.714 bits per heavy atom. The Morgan fingerprint density at radius 3 is 2.29 bits per heavy atom. The van der Waals surface area contributed by atoms with E-state index in [-0.39, 0.29) is 0 Å². The largest absolute Gasteiger partial charge is 0.453 e. The molecule has 1 aliphatic rings. The Balaban J connectivity index is 2.00. The quantitative estimate of drug-likeness (QED) is 0.449.